The molecule has 1 aromatic carbocycles. The Kier molecular flexibility index (Phi) is 4.85. The molecule has 4 nitrogen and oxygen atoms in total. The van der Waals surface area contributed by atoms with Gasteiger partial charge in [-0.2, -0.15) is 5.26 Å². The van der Waals surface area contributed by atoms with Gasteiger partial charge in [-0.25, -0.2) is 4.98 Å². The number of aryl methyl sites for hydroxylation is 1. The first-order chi connectivity index (χ1) is 9.69. The number of amides is 1. The zero-order chi connectivity index (χ0) is 14.4. The highest BCUT2D eigenvalue weighted by Gasteiger charge is 2.18. The van der Waals surface area contributed by atoms with Crippen LogP contribution in [0.1, 0.15) is 16.3 Å². The van der Waals surface area contributed by atoms with E-state index in [2.05, 4.69) is 16.4 Å². The maximum atomic E-state index is 12.0. The molecule has 1 amide bonds. The lowest BCUT2D eigenvalue weighted by molar-refractivity contribution is -0.123. The summed E-state index contributed by atoms with van der Waals surface area (Å²) < 4.78 is 0. The first kappa shape index (κ1) is 14.2. The summed E-state index contributed by atoms with van der Waals surface area (Å²) in [7, 11) is 0. The molecule has 1 N–H and O–H groups in total. The number of nitrogens with zero attached hydrogens (tertiary/aromatic N) is 2. The van der Waals surface area contributed by atoms with Crippen LogP contribution in [0.4, 0.5) is 0 Å². The molecule has 0 aliphatic rings. The molecular formula is C15H15N3OS. The fourth-order valence-electron chi connectivity index (χ4n) is 1.84. The van der Waals surface area contributed by atoms with Crippen molar-refractivity contribution in [2.75, 3.05) is 0 Å². The first-order valence-electron chi connectivity index (χ1n) is 6.31. The van der Waals surface area contributed by atoms with Crippen molar-refractivity contribution in [1.29, 1.82) is 5.26 Å². The normalized spacial score (nSPS) is 11.6. The molecule has 1 unspecified atom stereocenters. The van der Waals surface area contributed by atoms with Crippen LogP contribution < -0.4 is 5.32 Å². The lowest BCUT2D eigenvalue weighted by atomic mass is 10.00. The molecule has 20 heavy (non-hydrogen) atoms. The van der Waals surface area contributed by atoms with Gasteiger partial charge in [-0.1, -0.05) is 30.3 Å². The van der Waals surface area contributed by atoms with E-state index in [1.807, 2.05) is 42.6 Å². The second kappa shape index (κ2) is 6.83. The van der Waals surface area contributed by atoms with E-state index in [-0.39, 0.29) is 5.91 Å². The summed E-state index contributed by atoms with van der Waals surface area (Å²) in [5, 5.41) is 14.8. The minimum absolute atomic E-state index is 0.248. The van der Waals surface area contributed by atoms with E-state index >= 15 is 0 Å². The van der Waals surface area contributed by atoms with E-state index in [9.17, 15) is 4.79 Å². The van der Waals surface area contributed by atoms with Gasteiger partial charge in [0.15, 0.2) is 0 Å². The monoisotopic (exact) mass is 285 g/mol. The van der Waals surface area contributed by atoms with Crippen molar-refractivity contribution >= 4 is 17.2 Å². The number of nitrogens with one attached hydrogen (secondary N) is 1. The molecule has 0 saturated heterocycles. The van der Waals surface area contributed by atoms with Gasteiger partial charge in [-0.15, -0.1) is 11.3 Å². The van der Waals surface area contributed by atoms with Gasteiger partial charge in [0.25, 0.3) is 0 Å². The highest BCUT2D eigenvalue weighted by Crippen LogP contribution is 2.10. The van der Waals surface area contributed by atoms with Crippen LogP contribution in [0.3, 0.4) is 0 Å². The third-order valence-electron chi connectivity index (χ3n) is 2.87. The fraction of sp³-hybridized carbons (Fsp3) is 0.267. The van der Waals surface area contributed by atoms with Crippen molar-refractivity contribution in [2.24, 2.45) is 5.92 Å². The maximum Gasteiger partial charge on any atom is 0.238 e. The van der Waals surface area contributed by atoms with Gasteiger partial charge >= 0.3 is 0 Å². The molecule has 0 radical (unpaired) electrons. The average molecular weight is 285 g/mol. The highest BCUT2D eigenvalue weighted by atomic mass is 32.1. The summed E-state index contributed by atoms with van der Waals surface area (Å²) in [6.07, 6.45) is 0.430. The molecule has 0 fully saturated rings. The second-order valence-electron chi connectivity index (χ2n) is 4.45. The van der Waals surface area contributed by atoms with Crippen molar-refractivity contribution in [1.82, 2.24) is 10.3 Å². The minimum Gasteiger partial charge on any atom is -0.349 e. The quantitative estimate of drug-likeness (QED) is 0.917. The largest absolute Gasteiger partial charge is 0.349 e. The lowest BCUT2D eigenvalue weighted by Crippen LogP contribution is -2.30. The molecule has 1 heterocycles. The molecule has 5 heteroatoms. The number of aromatic nitrogens is 1. The predicted molar refractivity (Wildman–Crippen MR) is 77.9 cm³/mol. The number of hydrogen-bond donors (Lipinski definition) is 1. The summed E-state index contributed by atoms with van der Waals surface area (Å²) in [4.78, 5) is 16.3. The van der Waals surface area contributed by atoms with Crippen molar-refractivity contribution < 1.29 is 4.79 Å². The Morgan fingerprint density at radius 3 is 2.80 bits per heavy atom. The molecule has 102 valence electrons. The number of hydrogen-bond acceptors (Lipinski definition) is 4. The van der Waals surface area contributed by atoms with E-state index < -0.39 is 5.92 Å². The molecule has 0 bridgehead atoms. The Morgan fingerprint density at radius 2 is 2.20 bits per heavy atom. The SMILES string of the molecule is Cc1nc(CNC(=O)C(C#N)Cc2ccccc2)cs1. The van der Waals surface area contributed by atoms with Gasteiger partial charge in [0.2, 0.25) is 5.91 Å². The summed E-state index contributed by atoms with van der Waals surface area (Å²) in [5.41, 5.74) is 1.82. The maximum absolute atomic E-state index is 12.0. The van der Waals surface area contributed by atoms with E-state index in [1.54, 1.807) is 11.3 Å². The van der Waals surface area contributed by atoms with Crippen LogP contribution >= 0.6 is 11.3 Å². The molecule has 2 rings (SSSR count). The van der Waals surface area contributed by atoms with Gasteiger partial charge in [0.1, 0.15) is 5.92 Å². The van der Waals surface area contributed by atoms with Crippen LogP contribution in [0.15, 0.2) is 35.7 Å². The van der Waals surface area contributed by atoms with Gasteiger partial charge in [-0.05, 0) is 18.9 Å². The summed E-state index contributed by atoms with van der Waals surface area (Å²) in [6.45, 7) is 2.29. The van der Waals surface area contributed by atoms with E-state index in [4.69, 9.17) is 5.26 Å². The molecule has 2 aromatic rings. The van der Waals surface area contributed by atoms with E-state index in [0.717, 1.165) is 16.3 Å². The van der Waals surface area contributed by atoms with Crippen LogP contribution in [0.25, 0.3) is 0 Å². The predicted octanol–water partition coefficient (Wildman–Crippen LogP) is 2.45. The summed E-state index contributed by atoms with van der Waals surface area (Å²) in [5.74, 6) is -0.917. The number of carbonyl (C=O) groups is 1. The number of carbonyl (C=O) groups excluding carboxylic acids is 1. The van der Waals surface area contributed by atoms with Crippen molar-refractivity contribution in [3.05, 3.63) is 52.0 Å². The van der Waals surface area contributed by atoms with Gasteiger partial charge in [0, 0.05) is 5.38 Å². The number of nitriles is 1. The van der Waals surface area contributed by atoms with Crippen LogP contribution in [0.2, 0.25) is 0 Å². The molecule has 1 atom stereocenters. The van der Waals surface area contributed by atoms with Crippen LogP contribution in [0.5, 0.6) is 0 Å². The van der Waals surface area contributed by atoms with Crippen molar-refractivity contribution in [3.8, 4) is 6.07 Å². The lowest BCUT2D eigenvalue weighted by Gasteiger charge is -2.09. The van der Waals surface area contributed by atoms with Gasteiger partial charge < -0.3 is 5.32 Å². The highest BCUT2D eigenvalue weighted by molar-refractivity contribution is 7.09. The average Bonchev–Trinajstić information content (AvgIpc) is 2.89. The third kappa shape index (κ3) is 3.90. The molecular weight excluding hydrogens is 270 g/mol. The molecule has 1 aromatic heterocycles. The Balaban J connectivity index is 1.91. The molecule has 0 saturated carbocycles. The van der Waals surface area contributed by atoms with Crippen LogP contribution in [-0.2, 0) is 17.8 Å². The smallest absolute Gasteiger partial charge is 0.238 e. The standard InChI is InChI=1S/C15H15N3OS/c1-11-18-14(10-20-11)9-17-15(19)13(8-16)7-12-5-3-2-4-6-12/h2-6,10,13H,7,9H2,1H3,(H,17,19). The summed E-state index contributed by atoms with van der Waals surface area (Å²) in [6, 6.07) is 11.6. The Labute approximate surface area is 122 Å². The third-order valence-corrected chi connectivity index (χ3v) is 3.69. The fourth-order valence-corrected chi connectivity index (χ4v) is 2.45. The Morgan fingerprint density at radius 1 is 1.45 bits per heavy atom. The number of benzene rings is 1. The van der Waals surface area contributed by atoms with Crippen LogP contribution in [-0.4, -0.2) is 10.9 Å². The van der Waals surface area contributed by atoms with Crippen molar-refractivity contribution in [2.45, 2.75) is 19.9 Å². The first-order valence-corrected chi connectivity index (χ1v) is 7.19. The van der Waals surface area contributed by atoms with E-state index in [0.29, 0.717) is 13.0 Å². The molecule has 0 aliphatic carbocycles. The van der Waals surface area contributed by atoms with E-state index in [1.165, 1.54) is 0 Å². The summed E-state index contributed by atoms with van der Waals surface area (Å²) >= 11 is 1.55. The van der Waals surface area contributed by atoms with Crippen LogP contribution in [0, 0.1) is 24.2 Å². The minimum atomic E-state index is -0.669. The Hall–Kier alpha value is -2.19. The molecule has 0 spiro atoms. The number of thiazole rings is 1. The van der Waals surface area contributed by atoms with Crippen molar-refractivity contribution in [3.63, 3.8) is 0 Å². The van der Waals surface area contributed by atoms with Gasteiger partial charge in [0.05, 0.1) is 23.3 Å². The topological polar surface area (TPSA) is 65.8 Å². The second-order valence-corrected chi connectivity index (χ2v) is 5.51. The zero-order valence-corrected chi connectivity index (χ0v) is 12.0. The zero-order valence-electron chi connectivity index (χ0n) is 11.2. The number of rotatable bonds is 5. The Bertz CT molecular complexity index is 616. The molecule has 0 aliphatic heterocycles. The van der Waals surface area contributed by atoms with Gasteiger partial charge in [-0.3, -0.25) is 4.79 Å².